The summed E-state index contributed by atoms with van der Waals surface area (Å²) in [4.78, 5) is 243. The molecule has 0 spiro atoms. The molecule has 8 amide bonds. The predicted molar refractivity (Wildman–Crippen MR) is 513 cm³/mol. The lowest BCUT2D eigenvalue weighted by atomic mass is 9.92. The van der Waals surface area contributed by atoms with Gasteiger partial charge in [0, 0.05) is 167 Å². The number of carboxylic acid groups (broad SMARTS) is 8. The zero-order valence-electron chi connectivity index (χ0n) is 76.3. The molecule has 0 saturated carbocycles. The average molecular weight is 1990 g/mol. The van der Waals surface area contributed by atoms with Crippen molar-refractivity contribution in [2.75, 3.05) is 0 Å². The number of thiazole rings is 2. The smallest absolute Gasteiger partial charge is 0.303 e. The molecule has 4 aromatic heterocycles. The first-order valence-electron chi connectivity index (χ1n) is 44.6. The monoisotopic (exact) mass is 1990 g/mol. The standard InChI is InChI=1S/C27H29N3O7S.C24H29N3O7.C24H28N2O7S.C23H27N3O7S/c28-26(37)18(10-13-24(33)34)15-21(31)19(11-14-25(35)36)29-23(32)12-7-16-5-8-17(9-6-16)27-30-20-3-1-2-4-22(20)38-27;25-24(34)17(6-11-22(30)31)15-20(28)19(9-12-23(32)33)26-21(29)10-5-16-3-7-18(8-4-16)27-13-1-2-14-27;25-24(33)17(6-9-22(29)30)13-20(27)19(7-10-23(31)32)26-21(28)8-3-15-1-4-16(5-2-15)18-11-12-34-14-18;24-22(33)16(6-9-20(29)30)13-18(27)17(7-10-21(31)32)26-19(28)8-3-14-1-4-15(5-2-14)23-25-11-12-34-23/h1-6,8-9,18-19H,7,10-15H2,(H2,28,37)(H,29,32)(H,33,34)(H,35,36);1-4,7-8,13-14,17,19H,5-6,9-12,15H2,(H2,25,34)(H,26,29)(H,30,31)(H,32,33);1-2,4-5,11-12,14,17,19H,3,6-10,13H2,(H2,25,33)(H,26,28)(H,29,30)(H,31,32);1-2,4-5,11-12,16-17H,3,6-10,13H2,(H2,24,33)(H,26,28)(H,29,30)(H,31,32)/t18-,19+;2*17-,19+;16-,17+/m1111/s1. The first-order valence-corrected chi connectivity index (χ1v) is 47.2. The Morgan fingerprint density at radius 3 is 0.886 bits per heavy atom. The van der Waals surface area contributed by atoms with Gasteiger partial charge >= 0.3 is 47.8 Å². The Hall–Kier alpha value is -15.2. The van der Waals surface area contributed by atoms with E-state index in [0.29, 0.717) is 25.7 Å². The van der Waals surface area contributed by atoms with Crippen molar-refractivity contribution in [1.82, 2.24) is 35.8 Å². The zero-order chi connectivity index (χ0) is 103. The van der Waals surface area contributed by atoms with Gasteiger partial charge in [0.25, 0.3) is 0 Å². The van der Waals surface area contributed by atoms with Crippen molar-refractivity contribution in [3.63, 3.8) is 0 Å². The number of para-hydroxylation sites is 1. The number of amides is 8. The van der Waals surface area contributed by atoms with Gasteiger partial charge in [-0.25, -0.2) is 9.97 Å². The second kappa shape index (κ2) is 59.7. The van der Waals surface area contributed by atoms with Crippen molar-refractivity contribution in [3.8, 4) is 38.0 Å². The molecule has 8 atom stereocenters. The zero-order valence-corrected chi connectivity index (χ0v) is 78.7. The van der Waals surface area contributed by atoms with E-state index in [1.54, 1.807) is 28.9 Å². The largest absolute Gasteiger partial charge is 0.481 e. The molecule has 4 heterocycles. The number of aryl methyl sites for hydroxylation is 4. The Bertz CT molecular complexity index is 5290. The lowest BCUT2D eigenvalue weighted by molar-refractivity contribution is -0.139. The number of primary amides is 4. The fraction of sp³-hybridized carbons (Fsp3) is 0.367. The van der Waals surface area contributed by atoms with E-state index >= 15 is 0 Å². The Balaban J connectivity index is 0.000000286. The number of aromatic nitrogens is 3. The number of nitrogens with zero attached hydrogens (tertiary/aromatic N) is 3. The van der Waals surface area contributed by atoms with Crippen molar-refractivity contribution in [2.45, 2.75) is 204 Å². The summed E-state index contributed by atoms with van der Waals surface area (Å²) in [5.41, 5.74) is 30.8. The fourth-order valence-electron chi connectivity index (χ4n) is 14.2. The molecule has 0 fully saturated rings. The molecule has 5 aromatic carbocycles. The number of fused-ring (bicyclic) bond motifs is 1. The SMILES string of the molecule is NC(=O)[C@H](CCC(=O)O)CC(=O)[C@H](CCC(=O)O)NC(=O)CCc1ccc(-c2ccsc2)cc1.NC(=O)[C@H](CCC(=O)O)CC(=O)[C@H](CCC(=O)O)NC(=O)CCc1ccc(-c2nc3ccccc3s2)cc1.NC(=O)[C@H](CCC(=O)O)CC(=O)[C@H](CCC(=O)O)NC(=O)CCc1ccc(-c2nccs2)cc1.NC(=O)[C@H](CCC(=O)O)CC(=O)[C@H](CCC(=O)O)NC(=O)CCc1ccc(-n2cccc2)cc1. The first kappa shape index (κ1) is 114. The minimum absolute atomic E-state index is 0.0651. The highest BCUT2D eigenvalue weighted by atomic mass is 32.1. The third kappa shape index (κ3) is 43.4. The summed E-state index contributed by atoms with van der Waals surface area (Å²) in [6.45, 7) is 0. The second-order valence-electron chi connectivity index (χ2n) is 32.7. The first-order chi connectivity index (χ1) is 66.6. The molecule has 0 bridgehead atoms. The molecule has 0 saturated heterocycles. The van der Waals surface area contributed by atoms with Crippen molar-refractivity contribution >= 4 is 162 Å². The molecule has 0 aliphatic heterocycles. The van der Waals surface area contributed by atoms with E-state index in [2.05, 4.69) is 31.2 Å². The van der Waals surface area contributed by atoms with Gasteiger partial charge in [0.15, 0.2) is 23.1 Å². The maximum Gasteiger partial charge on any atom is 0.303 e. The predicted octanol–water partition coefficient (Wildman–Crippen LogP) is 9.50. The molecule has 9 aromatic rings. The lowest BCUT2D eigenvalue weighted by Crippen LogP contribution is -2.43. The number of hydrogen-bond donors (Lipinski definition) is 16. The van der Waals surface area contributed by atoms with Gasteiger partial charge in [0.05, 0.1) is 34.4 Å². The van der Waals surface area contributed by atoms with E-state index in [-0.39, 0.29) is 154 Å². The molecule has 9 rings (SSSR count). The van der Waals surface area contributed by atoms with E-state index in [4.69, 9.17) is 63.8 Å². The number of carbonyl (C=O) groups is 20. The van der Waals surface area contributed by atoms with E-state index in [0.717, 1.165) is 70.4 Å². The maximum atomic E-state index is 12.8. The van der Waals surface area contributed by atoms with Crippen LogP contribution in [0.15, 0.2) is 174 Å². The normalized spacial score (nSPS) is 12.5. The summed E-state index contributed by atoms with van der Waals surface area (Å²) < 4.78 is 3.05. The molecule has 0 aliphatic rings. The Morgan fingerprint density at radius 1 is 0.314 bits per heavy atom. The molecule has 39 nitrogen and oxygen atoms in total. The Kier molecular flexibility index (Phi) is 48.4. The maximum absolute atomic E-state index is 12.8. The van der Waals surface area contributed by atoms with Crippen LogP contribution in [0.1, 0.15) is 176 Å². The lowest BCUT2D eigenvalue weighted by Gasteiger charge is -2.19. The summed E-state index contributed by atoms with van der Waals surface area (Å²) in [5, 5.41) is 89.2. The van der Waals surface area contributed by atoms with Crippen LogP contribution in [0.3, 0.4) is 0 Å². The van der Waals surface area contributed by atoms with Crippen LogP contribution >= 0.6 is 34.0 Å². The molecule has 0 unspecified atom stereocenters. The van der Waals surface area contributed by atoms with Crippen LogP contribution < -0.4 is 44.2 Å². The van der Waals surface area contributed by atoms with Crippen LogP contribution in [0, 0.1) is 23.7 Å². The number of benzene rings is 5. The quantitative estimate of drug-likeness (QED) is 0.0169. The van der Waals surface area contributed by atoms with Gasteiger partial charge in [-0.3, -0.25) is 95.9 Å². The fourth-order valence-corrected chi connectivity index (χ4v) is 16.4. The van der Waals surface area contributed by atoms with Crippen LogP contribution in [-0.2, 0) is 122 Å². The third-order valence-corrected chi connectivity index (χ3v) is 24.6. The number of ketones is 4. The van der Waals surface area contributed by atoms with Crippen LogP contribution in [0.5, 0.6) is 0 Å². The highest BCUT2D eigenvalue weighted by Gasteiger charge is 2.33. The number of rotatable bonds is 60. The Labute approximate surface area is 815 Å². The van der Waals surface area contributed by atoms with Crippen molar-refractivity contribution < 1.29 is 137 Å². The molecule has 42 heteroatoms. The number of nitrogens with one attached hydrogen (secondary N) is 4. The van der Waals surface area contributed by atoms with Gasteiger partial charge in [-0.15, -0.1) is 22.7 Å². The number of nitrogens with two attached hydrogens (primary N) is 4. The van der Waals surface area contributed by atoms with E-state index < -0.39 is 166 Å². The molecule has 0 aliphatic carbocycles. The molecular formula is C98H113N11O28S3. The molecule has 20 N–H and O–H groups in total. The molecular weight excluding hydrogens is 1880 g/mol. The van der Waals surface area contributed by atoms with Crippen molar-refractivity contribution in [1.29, 1.82) is 0 Å². The van der Waals surface area contributed by atoms with Crippen LogP contribution in [-0.4, -0.2) is 198 Å². The van der Waals surface area contributed by atoms with Gasteiger partial charge in [0.1, 0.15) is 10.0 Å². The second-order valence-corrected chi connectivity index (χ2v) is 35.4. The van der Waals surface area contributed by atoms with E-state index in [9.17, 15) is 95.9 Å². The average Bonchev–Trinajstić information content (AvgIpc) is 1.67. The summed E-state index contributed by atoms with van der Waals surface area (Å²) in [6.07, 6.45) is 2.22. The highest BCUT2D eigenvalue weighted by Crippen LogP contribution is 2.32. The van der Waals surface area contributed by atoms with Gasteiger partial charge in [-0.1, -0.05) is 97.1 Å². The molecule has 140 heavy (non-hydrogen) atoms. The summed E-state index contributed by atoms with van der Waals surface area (Å²) in [7, 11) is 0. The minimum Gasteiger partial charge on any atom is -0.481 e. The van der Waals surface area contributed by atoms with Gasteiger partial charge in [-0.2, -0.15) is 11.3 Å². The number of aliphatic carboxylic acids is 8. The van der Waals surface area contributed by atoms with Crippen LogP contribution in [0.25, 0.3) is 48.2 Å². The number of hydrogen-bond acceptors (Lipinski definition) is 25. The van der Waals surface area contributed by atoms with Crippen LogP contribution in [0.4, 0.5) is 0 Å². The summed E-state index contributed by atoms with van der Waals surface area (Å²) in [6, 6.07) is 40.0. The number of thiophene rings is 1. The van der Waals surface area contributed by atoms with Crippen LogP contribution in [0.2, 0.25) is 0 Å². The molecule has 0 radical (unpaired) electrons. The van der Waals surface area contributed by atoms with Gasteiger partial charge < -0.3 is 89.6 Å². The van der Waals surface area contributed by atoms with E-state index in [1.807, 2.05) is 173 Å². The summed E-state index contributed by atoms with van der Waals surface area (Å²) >= 11 is 4.72. The topological polar surface area (TPSA) is 686 Å². The number of Topliss-reactive ketones (excluding diaryl/α,β-unsaturated/α-hetero) is 4. The number of carbonyl (C=O) groups excluding carboxylic acids is 12. The minimum atomic E-state index is -1.14. The number of carboxylic acids is 8. The van der Waals surface area contributed by atoms with Crippen molar-refractivity contribution in [3.05, 3.63) is 197 Å². The molecule has 746 valence electrons. The van der Waals surface area contributed by atoms with Crippen molar-refractivity contribution in [2.24, 2.45) is 46.6 Å². The third-order valence-electron chi connectivity index (χ3n) is 22.0. The van der Waals surface area contributed by atoms with Gasteiger partial charge in [0.2, 0.25) is 47.3 Å². The van der Waals surface area contributed by atoms with Gasteiger partial charge in [-0.05, 0) is 164 Å². The highest BCUT2D eigenvalue weighted by molar-refractivity contribution is 7.21. The summed E-state index contributed by atoms with van der Waals surface area (Å²) in [5.74, 6) is -20.3. The Morgan fingerprint density at radius 2 is 0.607 bits per heavy atom. The van der Waals surface area contributed by atoms with E-state index in [1.165, 1.54) is 11.3 Å².